The first-order chi connectivity index (χ1) is 5.99. The zero-order valence-electron chi connectivity index (χ0n) is 8.58. The Morgan fingerprint density at radius 3 is 2.38 bits per heavy atom. The van der Waals surface area contributed by atoms with Crippen LogP contribution in [0.25, 0.3) is 0 Å². The lowest BCUT2D eigenvalue weighted by Crippen LogP contribution is -2.37. The average Bonchev–Trinajstić information content (AvgIpc) is 2.04. The molecule has 3 nitrogen and oxygen atoms in total. The zero-order chi connectivity index (χ0) is 10.4. The minimum absolute atomic E-state index is 0.0485. The molecule has 0 aromatic rings. The van der Waals surface area contributed by atoms with Crippen LogP contribution in [0.1, 0.15) is 33.6 Å². The molecule has 0 heterocycles. The molecule has 0 rings (SSSR count). The van der Waals surface area contributed by atoms with Crippen molar-refractivity contribution in [2.24, 2.45) is 11.7 Å². The van der Waals surface area contributed by atoms with Crippen LogP contribution in [0.2, 0.25) is 0 Å². The summed E-state index contributed by atoms with van der Waals surface area (Å²) in [4.78, 5) is 10.6. The SMILES string of the molecule is CCC(CC=C(C)C)C(N)C(=O)O. The summed E-state index contributed by atoms with van der Waals surface area (Å²) in [6, 6.07) is -0.736. The van der Waals surface area contributed by atoms with Crippen LogP contribution >= 0.6 is 0 Å². The van der Waals surface area contributed by atoms with Crippen LogP contribution in [-0.4, -0.2) is 17.1 Å². The highest BCUT2D eigenvalue weighted by molar-refractivity contribution is 5.73. The average molecular weight is 185 g/mol. The quantitative estimate of drug-likeness (QED) is 0.642. The van der Waals surface area contributed by atoms with Crippen LogP contribution in [0.5, 0.6) is 0 Å². The van der Waals surface area contributed by atoms with Gasteiger partial charge in [0.15, 0.2) is 0 Å². The lowest BCUT2D eigenvalue weighted by molar-refractivity contribution is -0.139. The van der Waals surface area contributed by atoms with Gasteiger partial charge in [-0.1, -0.05) is 25.0 Å². The molecule has 3 heteroatoms. The number of carbonyl (C=O) groups is 1. The normalized spacial score (nSPS) is 14.8. The lowest BCUT2D eigenvalue weighted by Gasteiger charge is -2.17. The van der Waals surface area contributed by atoms with Crippen LogP contribution in [0, 0.1) is 5.92 Å². The van der Waals surface area contributed by atoms with Crippen LogP contribution in [-0.2, 0) is 4.79 Å². The largest absolute Gasteiger partial charge is 0.480 e. The third-order valence-electron chi connectivity index (χ3n) is 2.15. The summed E-state index contributed by atoms with van der Waals surface area (Å²) in [6.45, 7) is 5.96. The molecule has 2 atom stereocenters. The Labute approximate surface area is 79.6 Å². The second-order valence-corrected chi connectivity index (χ2v) is 3.55. The van der Waals surface area contributed by atoms with Gasteiger partial charge in [0, 0.05) is 0 Å². The molecular weight excluding hydrogens is 166 g/mol. The molecule has 0 bridgehead atoms. The van der Waals surface area contributed by atoms with Gasteiger partial charge in [-0.2, -0.15) is 0 Å². The molecule has 0 saturated heterocycles. The van der Waals surface area contributed by atoms with E-state index in [1.54, 1.807) is 0 Å². The van der Waals surface area contributed by atoms with E-state index in [0.29, 0.717) is 0 Å². The van der Waals surface area contributed by atoms with Gasteiger partial charge in [-0.05, 0) is 26.2 Å². The Kier molecular flexibility index (Phi) is 5.39. The molecule has 0 aliphatic heterocycles. The van der Waals surface area contributed by atoms with Crippen molar-refractivity contribution in [1.82, 2.24) is 0 Å². The number of allylic oxidation sites excluding steroid dienone is 2. The number of hydrogen-bond donors (Lipinski definition) is 2. The van der Waals surface area contributed by atoms with Crippen molar-refractivity contribution in [2.75, 3.05) is 0 Å². The summed E-state index contributed by atoms with van der Waals surface area (Å²) in [7, 11) is 0. The predicted octanol–water partition coefficient (Wildman–Crippen LogP) is 1.78. The van der Waals surface area contributed by atoms with Crippen molar-refractivity contribution < 1.29 is 9.90 Å². The minimum Gasteiger partial charge on any atom is -0.480 e. The fraction of sp³-hybridized carbons (Fsp3) is 0.700. The van der Waals surface area contributed by atoms with Crippen molar-refractivity contribution in [3.63, 3.8) is 0 Å². The second kappa shape index (κ2) is 5.75. The van der Waals surface area contributed by atoms with Gasteiger partial charge < -0.3 is 10.8 Å². The topological polar surface area (TPSA) is 63.3 Å². The Morgan fingerprint density at radius 1 is 1.54 bits per heavy atom. The zero-order valence-corrected chi connectivity index (χ0v) is 8.58. The number of carboxylic acid groups (broad SMARTS) is 1. The van der Waals surface area contributed by atoms with E-state index in [-0.39, 0.29) is 5.92 Å². The van der Waals surface area contributed by atoms with Gasteiger partial charge >= 0.3 is 5.97 Å². The molecule has 13 heavy (non-hydrogen) atoms. The molecule has 2 unspecified atom stereocenters. The number of rotatable bonds is 5. The van der Waals surface area contributed by atoms with E-state index in [2.05, 4.69) is 0 Å². The number of aliphatic carboxylic acids is 1. The van der Waals surface area contributed by atoms with E-state index in [1.807, 2.05) is 26.8 Å². The van der Waals surface area contributed by atoms with Gasteiger partial charge in [0.05, 0.1) is 0 Å². The highest BCUT2D eigenvalue weighted by Gasteiger charge is 2.21. The Hall–Kier alpha value is -0.830. The van der Waals surface area contributed by atoms with E-state index >= 15 is 0 Å². The van der Waals surface area contributed by atoms with E-state index < -0.39 is 12.0 Å². The van der Waals surface area contributed by atoms with Gasteiger partial charge in [0.25, 0.3) is 0 Å². The standard InChI is InChI=1S/C10H19NO2/c1-4-8(6-5-7(2)3)9(11)10(12)13/h5,8-9H,4,6,11H2,1-3H3,(H,12,13). The van der Waals surface area contributed by atoms with Gasteiger partial charge in [-0.15, -0.1) is 0 Å². The van der Waals surface area contributed by atoms with Crippen molar-refractivity contribution in [3.05, 3.63) is 11.6 Å². The minimum atomic E-state index is -0.908. The highest BCUT2D eigenvalue weighted by Crippen LogP contribution is 2.14. The summed E-state index contributed by atoms with van der Waals surface area (Å²) in [5.74, 6) is -0.860. The summed E-state index contributed by atoms with van der Waals surface area (Å²) < 4.78 is 0. The first-order valence-electron chi connectivity index (χ1n) is 4.60. The van der Waals surface area contributed by atoms with Crippen LogP contribution < -0.4 is 5.73 Å². The summed E-state index contributed by atoms with van der Waals surface area (Å²) >= 11 is 0. The highest BCUT2D eigenvalue weighted by atomic mass is 16.4. The van der Waals surface area contributed by atoms with Gasteiger partial charge in [-0.3, -0.25) is 4.79 Å². The summed E-state index contributed by atoms with van der Waals surface area (Å²) in [6.07, 6.45) is 3.60. The first-order valence-corrected chi connectivity index (χ1v) is 4.60. The lowest BCUT2D eigenvalue weighted by atomic mass is 9.93. The molecule has 0 fully saturated rings. The monoisotopic (exact) mass is 185 g/mol. The molecule has 0 saturated carbocycles. The van der Waals surface area contributed by atoms with E-state index in [1.165, 1.54) is 5.57 Å². The van der Waals surface area contributed by atoms with Crippen molar-refractivity contribution in [2.45, 2.75) is 39.7 Å². The summed E-state index contributed by atoms with van der Waals surface area (Å²) in [5, 5.41) is 8.70. The third kappa shape index (κ3) is 4.68. The maximum Gasteiger partial charge on any atom is 0.320 e. The van der Waals surface area contributed by atoms with Gasteiger partial charge in [0.2, 0.25) is 0 Å². The predicted molar refractivity (Wildman–Crippen MR) is 53.4 cm³/mol. The van der Waals surface area contributed by atoms with E-state index in [4.69, 9.17) is 10.8 Å². The molecule has 0 aliphatic carbocycles. The molecule has 0 amide bonds. The maximum absolute atomic E-state index is 10.6. The Bertz CT molecular complexity index is 195. The van der Waals surface area contributed by atoms with Crippen LogP contribution in [0.15, 0.2) is 11.6 Å². The van der Waals surface area contributed by atoms with Crippen molar-refractivity contribution in [3.8, 4) is 0 Å². The third-order valence-corrected chi connectivity index (χ3v) is 2.15. The smallest absolute Gasteiger partial charge is 0.320 e. The number of carboxylic acids is 1. The number of nitrogens with two attached hydrogens (primary N) is 1. The molecule has 0 spiro atoms. The molecule has 0 aromatic carbocycles. The summed E-state index contributed by atoms with van der Waals surface area (Å²) in [5.41, 5.74) is 6.73. The van der Waals surface area contributed by atoms with Crippen molar-refractivity contribution in [1.29, 1.82) is 0 Å². The molecule has 3 N–H and O–H groups in total. The van der Waals surface area contributed by atoms with Crippen LogP contribution in [0.3, 0.4) is 0 Å². The van der Waals surface area contributed by atoms with E-state index in [9.17, 15) is 4.79 Å². The fourth-order valence-corrected chi connectivity index (χ4v) is 1.16. The molecular formula is C10H19NO2. The number of hydrogen-bond acceptors (Lipinski definition) is 2. The van der Waals surface area contributed by atoms with Gasteiger partial charge in [-0.25, -0.2) is 0 Å². The van der Waals surface area contributed by atoms with Crippen LogP contribution in [0.4, 0.5) is 0 Å². The second-order valence-electron chi connectivity index (χ2n) is 3.55. The maximum atomic E-state index is 10.6. The Balaban J connectivity index is 4.18. The van der Waals surface area contributed by atoms with E-state index in [0.717, 1.165) is 12.8 Å². The first kappa shape index (κ1) is 12.2. The van der Waals surface area contributed by atoms with Crippen molar-refractivity contribution >= 4 is 5.97 Å². The molecule has 76 valence electrons. The molecule has 0 aliphatic rings. The fourth-order valence-electron chi connectivity index (χ4n) is 1.16. The molecule has 0 aromatic heterocycles. The Morgan fingerprint density at radius 2 is 2.08 bits per heavy atom. The van der Waals surface area contributed by atoms with Gasteiger partial charge in [0.1, 0.15) is 6.04 Å². The molecule has 0 radical (unpaired) electrons.